The van der Waals surface area contributed by atoms with Gasteiger partial charge in [-0.1, -0.05) is 0 Å². The lowest BCUT2D eigenvalue weighted by Crippen LogP contribution is -1.85. The summed E-state index contributed by atoms with van der Waals surface area (Å²) in [5, 5.41) is 8.45. The Kier molecular flexibility index (Phi) is 2.30. The molecule has 0 unspecified atom stereocenters. The van der Waals surface area contributed by atoms with Gasteiger partial charge in [0.05, 0.1) is 11.1 Å². The Hall–Kier alpha value is -0.280. The van der Waals surface area contributed by atoms with Crippen LogP contribution in [0.4, 0.5) is 0 Å². The molecule has 1 N–H and O–H groups in total. The number of hydrogen-bond donors (Lipinski definition) is 1. The summed E-state index contributed by atoms with van der Waals surface area (Å²) >= 11 is 3.23. The van der Waals surface area contributed by atoms with E-state index in [0.29, 0.717) is 6.42 Å². The van der Waals surface area contributed by atoms with Crippen LogP contribution in [0.3, 0.4) is 0 Å². The number of rotatable bonds is 2. The maximum Gasteiger partial charge on any atom is 0.107 e. The van der Waals surface area contributed by atoms with Crippen LogP contribution in [-0.4, -0.2) is 11.7 Å². The van der Waals surface area contributed by atoms with Gasteiger partial charge in [0.1, 0.15) is 12.0 Å². The molecule has 3 heteroatoms. The summed E-state index contributed by atoms with van der Waals surface area (Å²) in [6.07, 6.45) is 2.19. The number of furan rings is 1. The van der Waals surface area contributed by atoms with E-state index in [-0.39, 0.29) is 6.61 Å². The first-order chi connectivity index (χ1) is 4.33. The molecule has 0 aliphatic carbocycles. The molecule has 0 amide bonds. The van der Waals surface area contributed by atoms with E-state index in [9.17, 15) is 0 Å². The molecule has 0 aliphatic rings. The van der Waals surface area contributed by atoms with Crippen molar-refractivity contribution in [2.45, 2.75) is 6.42 Å². The predicted molar refractivity (Wildman–Crippen MR) is 37.2 cm³/mol. The lowest BCUT2D eigenvalue weighted by atomic mass is 10.3. The van der Waals surface area contributed by atoms with Crippen LogP contribution in [0.2, 0.25) is 0 Å². The Morgan fingerprint density at radius 1 is 1.67 bits per heavy atom. The summed E-state index contributed by atoms with van der Waals surface area (Å²) in [5.74, 6) is 0.810. The molecule has 1 aromatic heterocycles. The zero-order valence-electron chi connectivity index (χ0n) is 4.80. The van der Waals surface area contributed by atoms with E-state index in [4.69, 9.17) is 9.52 Å². The van der Waals surface area contributed by atoms with E-state index in [1.807, 2.05) is 6.07 Å². The van der Waals surface area contributed by atoms with Gasteiger partial charge in [0, 0.05) is 6.42 Å². The first-order valence-corrected chi connectivity index (χ1v) is 3.46. The molecule has 50 valence electrons. The van der Waals surface area contributed by atoms with Crippen molar-refractivity contribution in [3.8, 4) is 0 Å². The van der Waals surface area contributed by atoms with E-state index in [2.05, 4.69) is 15.9 Å². The van der Waals surface area contributed by atoms with Crippen molar-refractivity contribution in [3.63, 3.8) is 0 Å². The van der Waals surface area contributed by atoms with E-state index in [0.717, 1.165) is 10.2 Å². The molecule has 0 fully saturated rings. The average molecular weight is 191 g/mol. The quantitative estimate of drug-likeness (QED) is 0.769. The summed E-state index contributed by atoms with van der Waals surface area (Å²) in [6.45, 7) is 0.139. The van der Waals surface area contributed by atoms with Gasteiger partial charge in [-0.3, -0.25) is 0 Å². The fourth-order valence-electron chi connectivity index (χ4n) is 0.595. The number of halogens is 1. The van der Waals surface area contributed by atoms with Crippen molar-refractivity contribution in [3.05, 3.63) is 22.6 Å². The van der Waals surface area contributed by atoms with Crippen molar-refractivity contribution in [2.24, 2.45) is 0 Å². The third kappa shape index (κ3) is 1.84. The van der Waals surface area contributed by atoms with Gasteiger partial charge in [0.2, 0.25) is 0 Å². The summed E-state index contributed by atoms with van der Waals surface area (Å²) < 4.78 is 5.92. The van der Waals surface area contributed by atoms with Crippen LogP contribution in [0.25, 0.3) is 0 Å². The minimum absolute atomic E-state index is 0.139. The van der Waals surface area contributed by atoms with E-state index in [1.54, 1.807) is 6.26 Å². The molecule has 0 atom stereocenters. The largest absolute Gasteiger partial charge is 0.468 e. The smallest absolute Gasteiger partial charge is 0.107 e. The molecule has 0 radical (unpaired) electrons. The molecule has 1 rings (SSSR count). The zero-order chi connectivity index (χ0) is 6.69. The molecule has 0 saturated heterocycles. The summed E-state index contributed by atoms with van der Waals surface area (Å²) in [4.78, 5) is 0. The molecule has 0 aliphatic heterocycles. The molecule has 1 heterocycles. The molecule has 0 spiro atoms. The maximum absolute atomic E-state index is 8.45. The van der Waals surface area contributed by atoms with Gasteiger partial charge in [-0.15, -0.1) is 0 Å². The Morgan fingerprint density at radius 3 is 2.89 bits per heavy atom. The minimum Gasteiger partial charge on any atom is -0.468 e. The summed E-state index contributed by atoms with van der Waals surface area (Å²) in [6, 6.07) is 1.84. The lowest BCUT2D eigenvalue weighted by molar-refractivity contribution is 0.288. The fraction of sp³-hybridized carbons (Fsp3) is 0.333. The van der Waals surface area contributed by atoms with Gasteiger partial charge in [-0.05, 0) is 22.0 Å². The SMILES string of the molecule is OCCc1cc(Br)co1. The highest BCUT2D eigenvalue weighted by atomic mass is 79.9. The highest BCUT2D eigenvalue weighted by Crippen LogP contribution is 2.13. The lowest BCUT2D eigenvalue weighted by Gasteiger charge is -1.85. The van der Waals surface area contributed by atoms with Gasteiger partial charge < -0.3 is 9.52 Å². The van der Waals surface area contributed by atoms with Gasteiger partial charge in [-0.2, -0.15) is 0 Å². The van der Waals surface area contributed by atoms with Gasteiger partial charge >= 0.3 is 0 Å². The van der Waals surface area contributed by atoms with Crippen molar-refractivity contribution >= 4 is 15.9 Å². The van der Waals surface area contributed by atoms with Crippen molar-refractivity contribution in [1.29, 1.82) is 0 Å². The Bertz CT molecular complexity index is 183. The first-order valence-electron chi connectivity index (χ1n) is 2.66. The fourth-order valence-corrected chi connectivity index (χ4v) is 0.944. The van der Waals surface area contributed by atoms with Crippen LogP contribution < -0.4 is 0 Å². The van der Waals surface area contributed by atoms with Crippen molar-refractivity contribution in [2.75, 3.05) is 6.61 Å². The second-order valence-corrected chi connectivity index (χ2v) is 2.62. The third-order valence-corrected chi connectivity index (χ3v) is 1.40. The minimum atomic E-state index is 0.139. The summed E-state index contributed by atoms with van der Waals surface area (Å²) in [7, 11) is 0. The van der Waals surface area contributed by atoms with Crippen LogP contribution in [0.5, 0.6) is 0 Å². The van der Waals surface area contributed by atoms with E-state index >= 15 is 0 Å². The Labute approximate surface area is 61.6 Å². The van der Waals surface area contributed by atoms with Crippen molar-refractivity contribution < 1.29 is 9.52 Å². The van der Waals surface area contributed by atoms with Crippen LogP contribution in [0.15, 0.2) is 21.2 Å². The third-order valence-electron chi connectivity index (χ3n) is 0.980. The first kappa shape index (κ1) is 6.83. The number of aliphatic hydroxyl groups excluding tert-OH is 1. The monoisotopic (exact) mass is 190 g/mol. The van der Waals surface area contributed by atoms with E-state index < -0.39 is 0 Å². The van der Waals surface area contributed by atoms with Crippen LogP contribution in [0, 0.1) is 0 Å². The van der Waals surface area contributed by atoms with Gasteiger partial charge in [-0.25, -0.2) is 0 Å². The molecule has 0 saturated carbocycles. The van der Waals surface area contributed by atoms with Crippen molar-refractivity contribution in [1.82, 2.24) is 0 Å². The van der Waals surface area contributed by atoms with Crippen LogP contribution in [-0.2, 0) is 6.42 Å². The molecular weight excluding hydrogens is 184 g/mol. The number of hydrogen-bond acceptors (Lipinski definition) is 2. The average Bonchev–Trinajstić information content (AvgIpc) is 2.17. The number of aliphatic hydroxyl groups is 1. The molecular formula is C6H7BrO2. The van der Waals surface area contributed by atoms with E-state index in [1.165, 1.54) is 0 Å². The second-order valence-electron chi connectivity index (χ2n) is 1.70. The standard InChI is InChI=1S/C6H7BrO2/c7-5-3-6(1-2-8)9-4-5/h3-4,8H,1-2H2. The topological polar surface area (TPSA) is 33.4 Å². The van der Waals surface area contributed by atoms with Crippen LogP contribution in [0.1, 0.15) is 5.76 Å². The van der Waals surface area contributed by atoms with Gasteiger partial charge in [0.25, 0.3) is 0 Å². The molecule has 0 bridgehead atoms. The molecule has 1 aromatic rings. The molecule has 9 heavy (non-hydrogen) atoms. The highest BCUT2D eigenvalue weighted by molar-refractivity contribution is 9.10. The maximum atomic E-state index is 8.45. The normalized spacial score (nSPS) is 10.0. The molecule has 0 aromatic carbocycles. The van der Waals surface area contributed by atoms with Gasteiger partial charge in [0.15, 0.2) is 0 Å². The summed E-state index contributed by atoms with van der Waals surface area (Å²) in [5.41, 5.74) is 0. The zero-order valence-corrected chi connectivity index (χ0v) is 6.39. The Balaban J connectivity index is 2.61. The highest BCUT2D eigenvalue weighted by Gasteiger charge is 1.95. The Morgan fingerprint density at radius 2 is 2.44 bits per heavy atom. The predicted octanol–water partition coefficient (Wildman–Crippen LogP) is 1.58. The second kappa shape index (κ2) is 3.03. The molecule has 2 nitrogen and oxygen atoms in total. The van der Waals surface area contributed by atoms with Crippen LogP contribution >= 0.6 is 15.9 Å².